The first kappa shape index (κ1) is 22.9. The van der Waals surface area contributed by atoms with Crippen LogP contribution in [-0.2, 0) is 14.3 Å². The first-order chi connectivity index (χ1) is 10.4. The number of alkyl carbamates (subject to hydrolysis) is 1. The molecule has 0 radical (unpaired) electrons. The van der Waals surface area contributed by atoms with Crippen molar-refractivity contribution in [2.75, 3.05) is 11.6 Å². The summed E-state index contributed by atoms with van der Waals surface area (Å²) in [4.78, 5) is 24.4. The zero-order valence-corrected chi connectivity index (χ0v) is 18.1. The van der Waals surface area contributed by atoms with E-state index < -0.39 is 29.3 Å². The van der Waals surface area contributed by atoms with E-state index in [1.165, 1.54) is 0 Å². The quantitative estimate of drug-likeness (QED) is 0.367. The molecule has 1 N–H and O–H groups in total. The molecule has 2 unspecified atom stereocenters. The van der Waals surface area contributed by atoms with Crippen LogP contribution in [0.25, 0.3) is 0 Å². The minimum absolute atomic E-state index is 0.164. The molecule has 0 aliphatic carbocycles. The molecule has 136 valence electrons. The van der Waals surface area contributed by atoms with Gasteiger partial charge in [-0.05, 0) is 54.2 Å². The van der Waals surface area contributed by atoms with Gasteiger partial charge in [0.15, 0.2) is 0 Å². The van der Waals surface area contributed by atoms with Crippen LogP contribution in [0, 0.1) is 0 Å². The highest BCUT2D eigenvalue weighted by atomic mass is 79.9. The van der Waals surface area contributed by atoms with E-state index in [4.69, 9.17) is 9.47 Å². The second-order valence-electron chi connectivity index (χ2n) is 7.01. The molecule has 0 aromatic rings. The number of carbonyl (C=O) groups is 2. The van der Waals surface area contributed by atoms with Crippen molar-refractivity contribution in [2.45, 2.75) is 70.5 Å². The van der Waals surface area contributed by atoms with Gasteiger partial charge in [-0.15, -0.1) is 0 Å². The van der Waals surface area contributed by atoms with Crippen molar-refractivity contribution in [2.24, 2.45) is 0 Å². The molecule has 0 aromatic carbocycles. The number of carbonyl (C=O) groups excluding carboxylic acids is 2. The van der Waals surface area contributed by atoms with Crippen molar-refractivity contribution < 1.29 is 19.1 Å². The fourth-order valence-electron chi connectivity index (χ4n) is 1.56. The Morgan fingerprint density at radius 2 is 1.61 bits per heavy atom. The van der Waals surface area contributed by atoms with Crippen LogP contribution in [0.4, 0.5) is 4.79 Å². The molecule has 0 aromatic heterocycles. The topological polar surface area (TPSA) is 64.6 Å². The fraction of sp³-hybridized carbons (Fsp3) is 0.867. The van der Waals surface area contributed by atoms with Gasteiger partial charge in [-0.25, -0.2) is 9.59 Å². The Morgan fingerprint density at radius 3 is 2.00 bits per heavy atom. The van der Waals surface area contributed by atoms with Gasteiger partial charge in [-0.1, -0.05) is 37.5 Å². The third-order valence-electron chi connectivity index (χ3n) is 2.29. The lowest BCUT2D eigenvalue weighted by molar-refractivity contribution is -0.157. The highest BCUT2D eigenvalue weighted by molar-refractivity contribution is 9.09. The minimum Gasteiger partial charge on any atom is -0.458 e. The fourth-order valence-corrected chi connectivity index (χ4v) is 4.60. The molecule has 0 saturated heterocycles. The summed E-state index contributed by atoms with van der Waals surface area (Å²) in [6.07, 6.45) is 1.82. The smallest absolute Gasteiger partial charge is 0.408 e. The number of amides is 1. The molecule has 1 amide bonds. The summed E-state index contributed by atoms with van der Waals surface area (Å²) in [5, 5.41) is 3.52. The number of alkyl halides is 1. The van der Waals surface area contributed by atoms with Crippen molar-refractivity contribution in [1.29, 1.82) is 0 Å². The second-order valence-corrected chi connectivity index (χ2v) is 10.4. The SMILES string of the molecule is CSSC(CBr)CC(NC(=O)OC(C)(C)C)C(=O)OC(C)(C)C. The third-order valence-corrected chi connectivity index (χ3v) is 5.71. The van der Waals surface area contributed by atoms with Crippen LogP contribution < -0.4 is 5.32 Å². The summed E-state index contributed by atoms with van der Waals surface area (Å²) < 4.78 is 10.7. The minimum atomic E-state index is -0.744. The Morgan fingerprint density at radius 1 is 1.09 bits per heavy atom. The molecule has 2 atom stereocenters. The van der Waals surface area contributed by atoms with Crippen LogP contribution in [0.1, 0.15) is 48.0 Å². The highest BCUT2D eigenvalue weighted by Crippen LogP contribution is 2.29. The number of nitrogens with one attached hydrogen (secondary N) is 1. The molecule has 23 heavy (non-hydrogen) atoms. The van der Waals surface area contributed by atoms with Crippen LogP contribution in [-0.4, -0.2) is 46.1 Å². The summed E-state index contributed by atoms with van der Waals surface area (Å²) in [5.74, 6) is -0.448. The normalized spacial score (nSPS) is 14.8. The van der Waals surface area contributed by atoms with Gasteiger partial charge in [0.05, 0.1) is 0 Å². The van der Waals surface area contributed by atoms with E-state index in [1.807, 2.05) is 6.26 Å². The molecule has 0 spiro atoms. The number of hydrogen-bond donors (Lipinski definition) is 1. The monoisotopic (exact) mass is 429 g/mol. The van der Waals surface area contributed by atoms with E-state index in [0.717, 1.165) is 0 Å². The average molecular weight is 430 g/mol. The van der Waals surface area contributed by atoms with Gasteiger partial charge in [0.25, 0.3) is 0 Å². The molecule has 8 heteroatoms. The molecule has 0 aliphatic heterocycles. The van der Waals surface area contributed by atoms with E-state index in [-0.39, 0.29) is 5.25 Å². The second kappa shape index (κ2) is 10.0. The summed E-state index contributed by atoms with van der Waals surface area (Å²) in [5.41, 5.74) is -1.23. The lowest BCUT2D eigenvalue weighted by Gasteiger charge is -2.27. The van der Waals surface area contributed by atoms with Gasteiger partial charge in [-0.2, -0.15) is 0 Å². The van der Waals surface area contributed by atoms with Crippen molar-refractivity contribution in [1.82, 2.24) is 5.32 Å². The van der Waals surface area contributed by atoms with E-state index in [1.54, 1.807) is 63.1 Å². The van der Waals surface area contributed by atoms with Gasteiger partial charge >= 0.3 is 12.1 Å². The Hall–Kier alpha value is -0.0800. The number of rotatable bonds is 7. The van der Waals surface area contributed by atoms with Gasteiger partial charge < -0.3 is 14.8 Å². The van der Waals surface area contributed by atoms with Crippen LogP contribution in [0.2, 0.25) is 0 Å². The average Bonchev–Trinajstić information content (AvgIpc) is 2.32. The van der Waals surface area contributed by atoms with Crippen molar-refractivity contribution in [3.8, 4) is 0 Å². The molecule has 0 saturated carbocycles. The van der Waals surface area contributed by atoms with E-state index in [0.29, 0.717) is 11.8 Å². The summed E-state index contributed by atoms with van der Waals surface area (Å²) >= 11 is 3.44. The molecular formula is C15H28BrNO4S2. The lowest BCUT2D eigenvalue weighted by atomic mass is 10.1. The van der Waals surface area contributed by atoms with E-state index in [9.17, 15) is 9.59 Å². The van der Waals surface area contributed by atoms with Gasteiger partial charge in [-0.3, -0.25) is 0 Å². The first-order valence-corrected chi connectivity index (χ1v) is 11.1. The van der Waals surface area contributed by atoms with E-state index >= 15 is 0 Å². The van der Waals surface area contributed by atoms with Crippen LogP contribution in [0.3, 0.4) is 0 Å². The number of halogens is 1. The van der Waals surface area contributed by atoms with Gasteiger partial charge in [0.2, 0.25) is 0 Å². The molecule has 0 rings (SSSR count). The Labute approximate surface area is 155 Å². The van der Waals surface area contributed by atoms with Gasteiger partial charge in [0, 0.05) is 10.6 Å². The van der Waals surface area contributed by atoms with Crippen LogP contribution in [0.5, 0.6) is 0 Å². The zero-order chi connectivity index (χ0) is 18.3. The predicted octanol–water partition coefficient (Wildman–Crippen LogP) is 4.39. The maximum atomic E-state index is 12.4. The third kappa shape index (κ3) is 12.0. The lowest BCUT2D eigenvalue weighted by Crippen LogP contribution is -2.47. The first-order valence-electron chi connectivity index (χ1n) is 7.35. The van der Waals surface area contributed by atoms with Crippen molar-refractivity contribution in [3.63, 3.8) is 0 Å². The molecule has 5 nitrogen and oxygen atoms in total. The maximum absolute atomic E-state index is 12.4. The predicted molar refractivity (Wildman–Crippen MR) is 102 cm³/mol. The van der Waals surface area contributed by atoms with Crippen molar-refractivity contribution in [3.05, 3.63) is 0 Å². The molecule has 0 aliphatic rings. The van der Waals surface area contributed by atoms with Crippen LogP contribution >= 0.6 is 37.5 Å². The van der Waals surface area contributed by atoms with Crippen molar-refractivity contribution >= 4 is 49.6 Å². The molecule has 0 heterocycles. The summed E-state index contributed by atoms with van der Waals surface area (Å²) in [7, 11) is 3.27. The maximum Gasteiger partial charge on any atom is 0.408 e. The number of ether oxygens (including phenoxy) is 2. The summed E-state index contributed by atoms with van der Waals surface area (Å²) in [6.45, 7) is 10.7. The Kier molecular flexibility index (Phi) is 10.00. The standard InChI is InChI=1S/C15H28BrNO4S2/c1-14(2,3)20-12(18)11(8-10(9-16)23-22-7)17-13(19)21-15(4,5)6/h10-11H,8-9H2,1-7H3,(H,17,19). The van der Waals surface area contributed by atoms with E-state index in [2.05, 4.69) is 21.2 Å². The number of hydrogen-bond acceptors (Lipinski definition) is 6. The Bertz CT molecular complexity index is 394. The largest absolute Gasteiger partial charge is 0.458 e. The molecular weight excluding hydrogens is 402 g/mol. The number of esters is 1. The zero-order valence-electron chi connectivity index (χ0n) is 14.9. The van der Waals surface area contributed by atoms with Crippen LogP contribution in [0.15, 0.2) is 0 Å². The highest BCUT2D eigenvalue weighted by Gasteiger charge is 2.30. The Balaban J connectivity index is 4.98. The molecule has 0 fully saturated rings. The van der Waals surface area contributed by atoms with Gasteiger partial charge in [0.1, 0.15) is 17.2 Å². The summed E-state index contributed by atoms with van der Waals surface area (Å²) in [6, 6.07) is -0.744. The molecule has 0 bridgehead atoms.